The molecule has 0 unspecified atom stereocenters. The van der Waals surface area contributed by atoms with Crippen molar-refractivity contribution in [2.24, 2.45) is 0 Å². The lowest BCUT2D eigenvalue weighted by Gasteiger charge is -2.11. The second-order valence-corrected chi connectivity index (χ2v) is 7.31. The molecule has 0 aliphatic rings. The molecule has 142 valence electrons. The highest BCUT2D eigenvalue weighted by Gasteiger charge is 2.19. The molecule has 0 aliphatic heterocycles. The van der Waals surface area contributed by atoms with Crippen LogP contribution in [-0.4, -0.2) is 15.9 Å². The second-order valence-electron chi connectivity index (χ2n) is 6.20. The van der Waals surface area contributed by atoms with Crippen molar-refractivity contribution in [3.63, 3.8) is 0 Å². The summed E-state index contributed by atoms with van der Waals surface area (Å²) in [6.45, 7) is 1.72. The number of aryl methyl sites for hydroxylation is 1. The van der Waals surface area contributed by atoms with Gasteiger partial charge in [-0.15, -0.1) is 0 Å². The summed E-state index contributed by atoms with van der Waals surface area (Å²) in [6, 6.07) is 18.8. The maximum Gasteiger partial charge on any atom is 0.283 e. The lowest BCUT2D eigenvalue weighted by molar-refractivity contribution is -0.387. The number of hydrogen-bond donors (Lipinski definition) is 2. The van der Waals surface area contributed by atoms with E-state index in [0.29, 0.717) is 16.1 Å². The highest BCUT2D eigenvalue weighted by Crippen LogP contribution is 2.38. The predicted octanol–water partition coefficient (Wildman–Crippen LogP) is 4.94. The van der Waals surface area contributed by atoms with Crippen molar-refractivity contribution < 1.29 is 14.8 Å². The van der Waals surface area contributed by atoms with E-state index in [1.54, 1.807) is 25.1 Å². The summed E-state index contributed by atoms with van der Waals surface area (Å²) in [7, 11) is 0. The van der Waals surface area contributed by atoms with Crippen molar-refractivity contribution in [1.82, 2.24) is 0 Å². The average molecular weight is 394 g/mol. The number of rotatable bonds is 6. The van der Waals surface area contributed by atoms with E-state index in [1.165, 1.54) is 30.0 Å². The minimum atomic E-state index is -0.439. The van der Waals surface area contributed by atoms with Crippen molar-refractivity contribution in [2.45, 2.75) is 23.1 Å². The minimum absolute atomic E-state index is 0.0309. The Morgan fingerprint density at radius 1 is 1.11 bits per heavy atom. The Labute approximate surface area is 166 Å². The zero-order chi connectivity index (χ0) is 20.1. The van der Waals surface area contributed by atoms with Crippen LogP contribution in [0, 0.1) is 17.0 Å². The fourth-order valence-corrected chi connectivity index (χ4v) is 3.59. The van der Waals surface area contributed by atoms with Gasteiger partial charge in [0.1, 0.15) is 5.75 Å². The zero-order valence-corrected chi connectivity index (χ0v) is 15.9. The molecule has 0 spiro atoms. The maximum atomic E-state index is 12.4. The van der Waals surface area contributed by atoms with Gasteiger partial charge in [0.25, 0.3) is 5.69 Å². The Morgan fingerprint density at radius 3 is 2.43 bits per heavy atom. The Hall–Kier alpha value is -3.32. The number of hydrogen-bond acceptors (Lipinski definition) is 5. The summed E-state index contributed by atoms with van der Waals surface area (Å²) in [5.74, 6) is -0.0691. The number of phenolic OH excluding ortho intramolecular Hbond substituents is 1. The van der Waals surface area contributed by atoms with E-state index in [9.17, 15) is 20.0 Å². The van der Waals surface area contributed by atoms with Gasteiger partial charge >= 0.3 is 0 Å². The molecule has 3 rings (SSSR count). The van der Waals surface area contributed by atoms with E-state index >= 15 is 0 Å². The molecule has 7 heteroatoms. The number of carbonyl (C=O) groups excluding carboxylic acids is 1. The summed E-state index contributed by atoms with van der Waals surface area (Å²) in [4.78, 5) is 24.6. The number of aromatic hydroxyl groups is 1. The van der Waals surface area contributed by atoms with Crippen LogP contribution in [0.5, 0.6) is 5.75 Å². The first-order chi connectivity index (χ1) is 13.4. The predicted molar refractivity (Wildman–Crippen MR) is 109 cm³/mol. The number of nitro benzene ring substituents is 1. The molecule has 0 saturated heterocycles. The molecule has 0 radical (unpaired) electrons. The van der Waals surface area contributed by atoms with Crippen LogP contribution in [0.4, 0.5) is 11.4 Å². The van der Waals surface area contributed by atoms with E-state index in [-0.39, 0.29) is 23.8 Å². The van der Waals surface area contributed by atoms with Crippen LogP contribution in [0.3, 0.4) is 0 Å². The number of amides is 1. The number of nitro groups is 1. The standard InChI is InChI=1S/C21H18N2O4S/c1-14-11-19(23(26)27)20(28-17-9-7-16(24)8-10-17)13-18(14)22-21(25)12-15-5-3-2-4-6-15/h2-11,13,24H,12H2,1H3,(H,22,25). The molecule has 0 fully saturated rings. The van der Waals surface area contributed by atoms with E-state index < -0.39 is 4.92 Å². The van der Waals surface area contributed by atoms with Crippen LogP contribution >= 0.6 is 11.8 Å². The van der Waals surface area contributed by atoms with Crippen LogP contribution in [-0.2, 0) is 11.2 Å². The maximum absolute atomic E-state index is 12.4. The molecule has 0 heterocycles. The van der Waals surface area contributed by atoms with E-state index in [2.05, 4.69) is 5.32 Å². The molecule has 28 heavy (non-hydrogen) atoms. The largest absolute Gasteiger partial charge is 0.508 e. The zero-order valence-electron chi connectivity index (χ0n) is 15.1. The van der Waals surface area contributed by atoms with Gasteiger partial charge in [0.15, 0.2) is 0 Å². The van der Waals surface area contributed by atoms with Crippen molar-refractivity contribution in [2.75, 3.05) is 5.32 Å². The summed E-state index contributed by atoms with van der Waals surface area (Å²) >= 11 is 1.20. The minimum Gasteiger partial charge on any atom is -0.508 e. The first-order valence-electron chi connectivity index (χ1n) is 8.52. The molecule has 3 aromatic rings. The summed E-state index contributed by atoms with van der Waals surface area (Å²) in [5.41, 5.74) is 2.01. The summed E-state index contributed by atoms with van der Waals surface area (Å²) < 4.78 is 0. The van der Waals surface area contributed by atoms with Crippen molar-refractivity contribution in [1.29, 1.82) is 0 Å². The summed E-state index contributed by atoms with van der Waals surface area (Å²) in [5, 5.41) is 23.7. The number of benzene rings is 3. The Morgan fingerprint density at radius 2 is 1.79 bits per heavy atom. The first-order valence-corrected chi connectivity index (χ1v) is 9.34. The molecule has 0 aliphatic carbocycles. The molecular formula is C21H18N2O4S. The van der Waals surface area contributed by atoms with Gasteiger partial charge in [0.05, 0.1) is 16.2 Å². The van der Waals surface area contributed by atoms with Crippen LogP contribution in [0.25, 0.3) is 0 Å². The van der Waals surface area contributed by atoms with Crippen LogP contribution in [0.1, 0.15) is 11.1 Å². The monoisotopic (exact) mass is 394 g/mol. The SMILES string of the molecule is Cc1cc([N+](=O)[O-])c(Sc2ccc(O)cc2)cc1NC(=O)Cc1ccccc1. The van der Waals surface area contributed by atoms with Crippen LogP contribution < -0.4 is 5.32 Å². The molecule has 3 aromatic carbocycles. The summed E-state index contributed by atoms with van der Waals surface area (Å²) in [6.07, 6.45) is 0.220. The molecule has 2 N–H and O–H groups in total. The smallest absolute Gasteiger partial charge is 0.283 e. The molecular weight excluding hydrogens is 376 g/mol. The number of anilines is 1. The van der Waals surface area contributed by atoms with Crippen molar-refractivity contribution >= 4 is 29.0 Å². The van der Waals surface area contributed by atoms with E-state index in [4.69, 9.17) is 0 Å². The van der Waals surface area contributed by atoms with E-state index in [1.807, 2.05) is 30.3 Å². The first kappa shape index (κ1) is 19.4. The van der Waals surface area contributed by atoms with Gasteiger partial charge in [-0.25, -0.2) is 0 Å². The van der Waals surface area contributed by atoms with Crippen molar-refractivity contribution in [3.8, 4) is 5.75 Å². The highest BCUT2D eigenvalue weighted by atomic mass is 32.2. The second kappa shape index (κ2) is 8.58. The van der Waals surface area contributed by atoms with Gasteiger partial charge in [-0.3, -0.25) is 14.9 Å². The Kier molecular flexibility index (Phi) is 5.96. The fraction of sp³-hybridized carbons (Fsp3) is 0.0952. The molecule has 0 saturated carbocycles. The quantitative estimate of drug-likeness (QED) is 0.456. The van der Waals surface area contributed by atoms with Gasteiger partial charge in [0, 0.05) is 16.6 Å². The fourth-order valence-electron chi connectivity index (χ4n) is 2.65. The molecule has 0 aromatic heterocycles. The molecule has 0 bridgehead atoms. The highest BCUT2D eigenvalue weighted by molar-refractivity contribution is 7.99. The Balaban J connectivity index is 1.86. The third kappa shape index (κ3) is 4.89. The number of nitrogens with zero attached hydrogens (tertiary/aromatic N) is 1. The average Bonchev–Trinajstić information content (AvgIpc) is 2.66. The Bertz CT molecular complexity index is 1000. The van der Waals surface area contributed by atoms with Gasteiger partial charge in [-0.1, -0.05) is 42.1 Å². The third-order valence-electron chi connectivity index (χ3n) is 4.05. The van der Waals surface area contributed by atoms with Gasteiger partial charge in [-0.05, 0) is 48.4 Å². The number of carbonyl (C=O) groups is 1. The lowest BCUT2D eigenvalue weighted by atomic mass is 10.1. The third-order valence-corrected chi connectivity index (χ3v) is 5.10. The van der Waals surface area contributed by atoms with Gasteiger partial charge < -0.3 is 10.4 Å². The molecule has 0 atom stereocenters. The molecule has 1 amide bonds. The van der Waals surface area contributed by atoms with E-state index in [0.717, 1.165) is 10.5 Å². The normalized spacial score (nSPS) is 10.5. The van der Waals surface area contributed by atoms with Gasteiger partial charge in [-0.2, -0.15) is 0 Å². The van der Waals surface area contributed by atoms with Crippen LogP contribution in [0.2, 0.25) is 0 Å². The lowest BCUT2D eigenvalue weighted by Crippen LogP contribution is -2.15. The number of phenols is 1. The van der Waals surface area contributed by atoms with Crippen LogP contribution in [0.15, 0.2) is 76.5 Å². The topological polar surface area (TPSA) is 92.5 Å². The number of nitrogens with one attached hydrogen (secondary N) is 1. The van der Waals surface area contributed by atoms with Gasteiger partial charge in [0.2, 0.25) is 5.91 Å². The van der Waals surface area contributed by atoms with Crippen molar-refractivity contribution in [3.05, 3.63) is 88.0 Å². The molecule has 6 nitrogen and oxygen atoms in total.